The van der Waals surface area contributed by atoms with Gasteiger partial charge in [-0.05, 0) is 0 Å². The first kappa shape index (κ1) is 15.5. The number of aromatic nitrogens is 4. The quantitative estimate of drug-likeness (QED) is 0.569. The van der Waals surface area contributed by atoms with Crippen LogP contribution in [-0.2, 0) is 25.3 Å². The number of carbonyl (C=O) groups is 1. The first-order valence-corrected chi connectivity index (χ1v) is 5.72. The molecule has 0 aliphatic heterocycles. The van der Waals surface area contributed by atoms with Gasteiger partial charge in [-0.15, -0.1) is 0 Å². The number of aliphatic carboxylic acids is 1. The van der Waals surface area contributed by atoms with Crippen LogP contribution in [0.4, 0.5) is 5.95 Å². The zero-order chi connectivity index (χ0) is 15.3. The Hall–Kier alpha value is -2.55. The van der Waals surface area contributed by atoms with Crippen molar-refractivity contribution >= 4 is 11.9 Å². The molecule has 2 heterocycles. The number of hydrogen-bond donors (Lipinski definition) is 4. The molecule has 2 aromatic heterocycles. The van der Waals surface area contributed by atoms with Crippen LogP contribution in [0, 0.1) is 0 Å². The molecule has 0 saturated carbocycles. The first-order valence-electron chi connectivity index (χ1n) is 5.72. The number of aromatic hydroxyl groups is 1. The van der Waals surface area contributed by atoms with Gasteiger partial charge in [-0.1, -0.05) is 0 Å². The molecule has 6 N–H and O–H groups in total. The minimum absolute atomic E-state index is 0.0370. The average molecular weight is 282 g/mol. The predicted octanol–water partition coefficient (Wildman–Crippen LogP) is -0.918. The summed E-state index contributed by atoms with van der Waals surface area (Å²) in [6.45, 7) is 0. The van der Waals surface area contributed by atoms with Crippen molar-refractivity contribution in [2.45, 2.75) is 12.5 Å². The van der Waals surface area contributed by atoms with Crippen molar-refractivity contribution in [1.82, 2.24) is 19.1 Å². The monoisotopic (exact) mass is 282 g/mol. The molecule has 0 aromatic carbocycles. The zero-order valence-corrected chi connectivity index (χ0v) is 11.3. The van der Waals surface area contributed by atoms with Crippen molar-refractivity contribution in [3.63, 3.8) is 0 Å². The van der Waals surface area contributed by atoms with E-state index in [1.54, 1.807) is 31.2 Å². The fraction of sp³-hybridized carbons (Fsp3) is 0.364. The van der Waals surface area contributed by atoms with Crippen LogP contribution in [-0.4, -0.2) is 41.3 Å². The van der Waals surface area contributed by atoms with Crippen molar-refractivity contribution in [1.29, 1.82) is 0 Å². The van der Waals surface area contributed by atoms with E-state index in [1.807, 2.05) is 0 Å². The van der Waals surface area contributed by atoms with Crippen LogP contribution >= 0.6 is 0 Å². The van der Waals surface area contributed by atoms with Gasteiger partial charge in [-0.2, -0.15) is 4.98 Å². The third kappa shape index (κ3) is 4.28. The lowest BCUT2D eigenvalue weighted by Gasteiger charge is -2.05. The van der Waals surface area contributed by atoms with E-state index in [4.69, 9.17) is 21.7 Å². The minimum atomic E-state index is -0.990. The second-order valence-corrected chi connectivity index (χ2v) is 4.21. The van der Waals surface area contributed by atoms with Crippen molar-refractivity contribution in [2.24, 2.45) is 19.8 Å². The van der Waals surface area contributed by atoms with E-state index in [-0.39, 0.29) is 5.88 Å². The maximum atomic E-state index is 10.4. The summed E-state index contributed by atoms with van der Waals surface area (Å²) < 4.78 is 3.29. The topological polar surface area (TPSA) is 145 Å². The van der Waals surface area contributed by atoms with E-state index >= 15 is 0 Å². The highest BCUT2D eigenvalue weighted by Crippen LogP contribution is 2.06. The molecule has 9 heteroatoms. The van der Waals surface area contributed by atoms with Crippen LogP contribution in [0.1, 0.15) is 5.69 Å². The molecular formula is C11H18N6O3. The van der Waals surface area contributed by atoms with Gasteiger partial charge < -0.3 is 30.8 Å². The highest BCUT2D eigenvalue weighted by Gasteiger charge is 2.13. The van der Waals surface area contributed by atoms with Crippen LogP contribution in [0.2, 0.25) is 0 Å². The smallest absolute Gasteiger partial charge is 0.320 e. The summed E-state index contributed by atoms with van der Waals surface area (Å²) in [7, 11) is 3.51. The molecule has 9 nitrogen and oxygen atoms in total. The summed E-state index contributed by atoms with van der Waals surface area (Å²) in [5.41, 5.74) is 11.4. The number of hydrogen-bond acceptors (Lipinski definition) is 6. The van der Waals surface area contributed by atoms with Crippen LogP contribution in [0.25, 0.3) is 0 Å². The van der Waals surface area contributed by atoms with E-state index in [0.717, 1.165) is 5.69 Å². The third-order valence-electron chi connectivity index (χ3n) is 2.56. The van der Waals surface area contributed by atoms with Crippen LogP contribution in [0.5, 0.6) is 5.88 Å². The van der Waals surface area contributed by atoms with E-state index in [0.29, 0.717) is 12.4 Å². The van der Waals surface area contributed by atoms with Gasteiger partial charge in [-0.3, -0.25) is 4.79 Å². The van der Waals surface area contributed by atoms with Gasteiger partial charge in [0.05, 0.1) is 12.5 Å². The average Bonchev–Trinajstić information content (AvgIpc) is 2.87. The summed E-state index contributed by atoms with van der Waals surface area (Å²) in [6.07, 6.45) is 4.98. The van der Waals surface area contributed by atoms with Gasteiger partial charge in [0.15, 0.2) is 0 Å². The summed E-state index contributed by atoms with van der Waals surface area (Å²) >= 11 is 0. The van der Waals surface area contributed by atoms with Gasteiger partial charge in [0.1, 0.15) is 6.04 Å². The van der Waals surface area contributed by atoms with E-state index < -0.39 is 12.0 Å². The fourth-order valence-corrected chi connectivity index (χ4v) is 1.36. The number of nitrogen functional groups attached to an aromatic ring is 1. The van der Waals surface area contributed by atoms with Crippen LogP contribution in [0.15, 0.2) is 18.7 Å². The van der Waals surface area contributed by atoms with E-state index in [1.165, 1.54) is 10.8 Å². The molecule has 0 bridgehead atoms. The standard InChI is InChI=1S/C7H11N3O2.C4H7N3O/c1-10-4-9-3-5(10)2-6(8)7(11)12;1-7-2-3(8)6-4(7)5/h3-4,6H,2,8H2,1H3,(H,11,12);2,8H,1H3,(H2,5,6)/t6-;/m0./s1. The number of nitrogens with zero attached hydrogens (tertiary/aromatic N) is 4. The molecule has 0 unspecified atom stereocenters. The van der Waals surface area contributed by atoms with E-state index in [9.17, 15) is 4.79 Å². The lowest BCUT2D eigenvalue weighted by Crippen LogP contribution is -2.32. The van der Waals surface area contributed by atoms with Gasteiger partial charge >= 0.3 is 5.97 Å². The summed E-state index contributed by atoms with van der Waals surface area (Å²) in [6, 6.07) is -0.847. The van der Waals surface area contributed by atoms with Gasteiger partial charge in [0, 0.05) is 32.4 Å². The highest BCUT2D eigenvalue weighted by molar-refractivity contribution is 5.73. The Labute approximate surface area is 115 Å². The normalized spacial score (nSPS) is 11.6. The molecule has 0 radical (unpaired) electrons. The lowest BCUT2D eigenvalue weighted by molar-refractivity contribution is -0.138. The molecule has 0 amide bonds. The number of nitrogens with two attached hydrogens (primary N) is 2. The molecule has 2 rings (SSSR count). The Balaban J connectivity index is 0.000000217. The Morgan fingerprint density at radius 2 is 2.10 bits per heavy atom. The Morgan fingerprint density at radius 1 is 1.45 bits per heavy atom. The van der Waals surface area contributed by atoms with Crippen molar-refractivity contribution < 1.29 is 15.0 Å². The molecular weight excluding hydrogens is 264 g/mol. The molecule has 0 fully saturated rings. The van der Waals surface area contributed by atoms with Crippen LogP contribution in [0.3, 0.4) is 0 Å². The fourth-order valence-electron chi connectivity index (χ4n) is 1.36. The molecule has 0 saturated heterocycles. The largest absolute Gasteiger partial charge is 0.492 e. The van der Waals surface area contributed by atoms with E-state index in [2.05, 4.69) is 9.97 Å². The zero-order valence-electron chi connectivity index (χ0n) is 11.3. The predicted molar refractivity (Wildman–Crippen MR) is 71.8 cm³/mol. The molecule has 1 atom stereocenters. The molecule has 0 aliphatic rings. The molecule has 0 aliphatic carbocycles. The second-order valence-electron chi connectivity index (χ2n) is 4.21. The number of carboxylic acids is 1. The Morgan fingerprint density at radius 3 is 2.40 bits per heavy atom. The van der Waals surface area contributed by atoms with Crippen molar-refractivity contribution in [3.8, 4) is 5.88 Å². The van der Waals surface area contributed by atoms with Crippen molar-refractivity contribution in [3.05, 3.63) is 24.4 Å². The summed E-state index contributed by atoms with van der Waals surface area (Å²) in [5.74, 6) is -0.705. The van der Waals surface area contributed by atoms with Gasteiger partial charge in [0.2, 0.25) is 11.8 Å². The van der Waals surface area contributed by atoms with Gasteiger partial charge in [0.25, 0.3) is 0 Å². The number of rotatable bonds is 3. The molecule has 2 aromatic rings. The SMILES string of the molecule is Cn1cc(O)nc1N.Cn1cncc1C[C@H](N)C(=O)O. The highest BCUT2D eigenvalue weighted by atomic mass is 16.4. The van der Waals surface area contributed by atoms with Crippen LogP contribution < -0.4 is 11.5 Å². The summed E-state index contributed by atoms with van der Waals surface area (Å²) in [4.78, 5) is 17.7. The third-order valence-corrected chi connectivity index (χ3v) is 2.56. The van der Waals surface area contributed by atoms with Crippen molar-refractivity contribution in [2.75, 3.05) is 5.73 Å². The number of imidazole rings is 2. The minimum Gasteiger partial charge on any atom is -0.492 e. The molecule has 110 valence electrons. The number of carboxylic acid groups (broad SMARTS) is 1. The maximum Gasteiger partial charge on any atom is 0.320 e. The van der Waals surface area contributed by atoms with Gasteiger partial charge in [-0.25, -0.2) is 4.98 Å². The lowest BCUT2D eigenvalue weighted by atomic mass is 10.2. The Kier molecular flexibility index (Phi) is 5.09. The molecule has 0 spiro atoms. The molecule has 20 heavy (non-hydrogen) atoms. The maximum absolute atomic E-state index is 10.4. The second kappa shape index (κ2) is 6.57. The first-order chi connectivity index (χ1) is 9.31. The number of anilines is 1. The summed E-state index contributed by atoms with van der Waals surface area (Å²) in [5, 5.41) is 17.1. The Bertz CT molecular complexity index is 557. The number of aryl methyl sites for hydroxylation is 2.